The molecule has 115 heavy (non-hydrogen) atoms. The zero-order chi connectivity index (χ0) is 86.1. The first kappa shape index (κ1) is 98.1. The van der Waals surface area contributed by atoms with Crippen LogP contribution in [0.25, 0.3) is 0 Å². The van der Waals surface area contributed by atoms with Crippen molar-refractivity contribution in [3.63, 3.8) is 0 Å². The van der Waals surface area contributed by atoms with Crippen molar-refractivity contribution >= 4 is 29.5 Å². The van der Waals surface area contributed by atoms with E-state index in [-0.39, 0.29) is 86.8 Å². The topological polar surface area (TPSA) is 146 Å². The number of carbonyl (C=O) groups excluding carboxylic acids is 5. The first-order valence-corrected chi connectivity index (χ1v) is 41.8. The van der Waals surface area contributed by atoms with E-state index in [1.54, 1.807) is 0 Å². The summed E-state index contributed by atoms with van der Waals surface area (Å²) >= 11 is 0. The number of benzene rings is 5. The normalized spacial score (nSPS) is 18.1. The van der Waals surface area contributed by atoms with Gasteiger partial charge < -0.3 is 26.6 Å². The van der Waals surface area contributed by atoms with E-state index in [1.165, 1.54) is 118 Å². The van der Waals surface area contributed by atoms with E-state index < -0.39 is 58.2 Å². The number of aryl methyl sites for hydroxylation is 5. The summed E-state index contributed by atoms with van der Waals surface area (Å²) in [6.07, 6.45) is 20.4. The van der Waals surface area contributed by atoms with Gasteiger partial charge in [0, 0.05) is 87.6 Å². The average Bonchev–Trinajstić information content (AvgIpc) is 1.72. The van der Waals surface area contributed by atoms with Crippen LogP contribution in [0.2, 0.25) is 0 Å². The molecule has 20 heteroatoms. The fraction of sp³-hybridized carbons (Fsp3) is 0.611. The highest BCUT2D eigenvalue weighted by atomic mass is 19.2. The Morgan fingerprint density at radius 2 is 0.504 bits per heavy atom. The van der Waals surface area contributed by atoms with Crippen molar-refractivity contribution in [2.45, 2.75) is 306 Å². The highest BCUT2D eigenvalue weighted by molar-refractivity contribution is 5.81. The molecule has 4 aliphatic rings. The van der Waals surface area contributed by atoms with E-state index in [0.29, 0.717) is 134 Å². The molecule has 5 amide bonds. The summed E-state index contributed by atoms with van der Waals surface area (Å²) < 4.78 is 133. The van der Waals surface area contributed by atoms with Gasteiger partial charge in [0.15, 0.2) is 0 Å². The lowest BCUT2D eigenvalue weighted by molar-refractivity contribution is -0.128. The van der Waals surface area contributed by atoms with Crippen LogP contribution in [0.3, 0.4) is 0 Å². The van der Waals surface area contributed by atoms with Crippen LogP contribution in [0.5, 0.6) is 0 Å². The fourth-order valence-electron chi connectivity index (χ4n) is 15.0. The molecule has 4 aliphatic carbocycles. The lowest BCUT2D eigenvalue weighted by atomic mass is 9.77. The zero-order valence-corrected chi connectivity index (χ0v) is 72.0. The molecule has 4 fully saturated rings. The van der Waals surface area contributed by atoms with Crippen molar-refractivity contribution < 1.29 is 67.9 Å². The van der Waals surface area contributed by atoms with Gasteiger partial charge in [-0.15, -0.1) is 6.58 Å². The monoisotopic (exact) mass is 1620 g/mol. The first-order valence-electron chi connectivity index (χ1n) is 41.8. The molecule has 4 saturated carbocycles. The standard InChI is InChI=1S/C20H29F2NO.3C19H27F2NO.C18H25F2NO/c1-20(2,3)23-19(24)16(10-14-6-4-5-7-14)9-8-15-11-17(21)13-18(22)12-15;2*1-12-7-15(12)10-14(18(23)22-19(2,3)4)6-5-13-8-16(20)11-17(21)9-13;1-19(2,3)22-18(23)15(9-13-5-4-6-13)8-7-14-10-16(20)12-17(21)11-14;1-12(2)8-14(17(22)21-18(3,4)5)7-6-13-9-15(19)11-16(20)10-13/h11-14,16H,4-10H2,1-3H3,(H,23,24);2*8-9,11-12,14-15H,5-7,10H2,1-4H3,(H,22,23);10-13,15H,4-9H2,1-3H3,(H,22,23);9-11,14H,1,6-8H2,2-5H3,(H,21,22). The third-order valence-corrected chi connectivity index (χ3v) is 21.1. The number of allylic oxidation sites excluding steroid dienone is 1. The number of amides is 5. The molecule has 5 aromatic carbocycles. The molecule has 640 valence electrons. The quantitative estimate of drug-likeness (QED) is 0.0230. The highest BCUT2D eigenvalue weighted by Crippen LogP contribution is 2.45. The molecule has 0 radical (unpaired) electrons. The minimum Gasteiger partial charge on any atom is -0.351 e. The largest absolute Gasteiger partial charge is 0.351 e. The highest BCUT2D eigenvalue weighted by Gasteiger charge is 2.39. The van der Waals surface area contributed by atoms with Crippen molar-refractivity contribution in [3.05, 3.63) is 189 Å². The van der Waals surface area contributed by atoms with Gasteiger partial charge in [0.25, 0.3) is 0 Å². The molecule has 5 aromatic rings. The Bertz CT molecular complexity index is 3620. The number of nitrogens with one attached hydrogen (secondary N) is 5. The van der Waals surface area contributed by atoms with Crippen LogP contribution in [0.1, 0.15) is 274 Å². The number of carbonyl (C=O) groups is 5. The van der Waals surface area contributed by atoms with E-state index in [4.69, 9.17) is 0 Å². The minimum atomic E-state index is -0.592. The van der Waals surface area contributed by atoms with Crippen LogP contribution >= 0.6 is 0 Å². The summed E-state index contributed by atoms with van der Waals surface area (Å²) in [6.45, 7) is 39.5. The van der Waals surface area contributed by atoms with Gasteiger partial charge in [-0.05, 0) is 344 Å². The Kier molecular flexibility index (Phi) is 38.3. The zero-order valence-electron chi connectivity index (χ0n) is 72.0. The fourth-order valence-corrected chi connectivity index (χ4v) is 15.0. The van der Waals surface area contributed by atoms with Crippen molar-refractivity contribution in [1.82, 2.24) is 26.6 Å². The average molecular weight is 1620 g/mol. The summed E-state index contributed by atoms with van der Waals surface area (Å²) in [5.41, 5.74) is 2.56. The molecule has 9 rings (SSSR count). The maximum Gasteiger partial charge on any atom is 0.223 e. The Labute approximate surface area is 681 Å². The van der Waals surface area contributed by atoms with Gasteiger partial charge in [0.05, 0.1) is 0 Å². The number of hydrogen-bond donors (Lipinski definition) is 5. The Morgan fingerprint density at radius 3 is 0.678 bits per heavy atom. The second-order valence-corrected chi connectivity index (χ2v) is 38.8. The second-order valence-electron chi connectivity index (χ2n) is 38.8. The Balaban J connectivity index is 0.000000257. The predicted molar refractivity (Wildman–Crippen MR) is 442 cm³/mol. The third kappa shape index (κ3) is 41.4. The van der Waals surface area contributed by atoms with Gasteiger partial charge in [-0.25, -0.2) is 43.9 Å². The van der Waals surface area contributed by atoms with Crippen molar-refractivity contribution in [3.8, 4) is 0 Å². The minimum absolute atomic E-state index is 0.0487. The summed E-state index contributed by atoms with van der Waals surface area (Å²) in [4.78, 5) is 62.6. The number of halogens is 10. The predicted octanol–water partition coefficient (Wildman–Crippen LogP) is 23.0. The molecule has 0 bridgehead atoms. The van der Waals surface area contributed by atoms with E-state index in [1.807, 2.05) is 111 Å². The maximum absolute atomic E-state index is 13.3. The van der Waals surface area contributed by atoms with Crippen LogP contribution < -0.4 is 26.6 Å². The van der Waals surface area contributed by atoms with E-state index >= 15 is 0 Å². The smallest absolute Gasteiger partial charge is 0.223 e. The first-order chi connectivity index (χ1) is 53.3. The van der Waals surface area contributed by atoms with Crippen LogP contribution in [0.4, 0.5) is 43.9 Å². The van der Waals surface area contributed by atoms with E-state index in [9.17, 15) is 67.9 Å². The van der Waals surface area contributed by atoms with Gasteiger partial charge in [0.2, 0.25) is 29.5 Å². The summed E-state index contributed by atoms with van der Waals surface area (Å²) in [7, 11) is 0. The molecule has 0 aromatic heterocycles. The van der Waals surface area contributed by atoms with E-state index in [2.05, 4.69) is 47.0 Å². The molecule has 0 heterocycles. The summed E-state index contributed by atoms with van der Waals surface area (Å²) in [5.74, 6) is -2.34. The molecular formula is C95H135F10N5O5. The molecule has 5 N–H and O–H groups in total. The number of hydrogen-bond acceptors (Lipinski definition) is 5. The van der Waals surface area contributed by atoms with Gasteiger partial charge >= 0.3 is 0 Å². The van der Waals surface area contributed by atoms with Crippen LogP contribution in [-0.4, -0.2) is 57.2 Å². The molecule has 9 atom stereocenters. The second kappa shape index (κ2) is 44.9. The van der Waals surface area contributed by atoms with Crippen molar-refractivity contribution in [2.75, 3.05) is 0 Å². The lowest BCUT2D eigenvalue weighted by Gasteiger charge is -2.31. The lowest BCUT2D eigenvalue weighted by Crippen LogP contribution is -2.44. The molecule has 0 saturated heterocycles. The van der Waals surface area contributed by atoms with Crippen LogP contribution in [0.15, 0.2) is 103 Å². The Morgan fingerprint density at radius 1 is 0.322 bits per heavy atom. The van der Waals surface area contributed by atoms with Gasteiger partial charge in [-0.1, -0.05) is 64.4 Å². The molecule has 0 spiro atoms. The number of rotatable bonds is 30. The molecular weight excluding hydrogens is 1480 g/mol. The molecule has 10 nitrogen and oxygen atoms in total. The summed E-state index contributed by atoms with van der Waals surface area (Å²) in [5, 5.41) is 15.1. The van der Waals surface area contributed by atoms with Gasteiger partial charge in [-0.3, -0.25) is 24.0 Å². The molecule has 9 unspecified atom stereocenters. The van der Waals surface area contributed by atoms with E-state index in [0.717, 1.165) is 61.6 Å². The SMILES string of the molecule is C=C(C)CC(CCc1cc(F)cc(F)c1)C(=O)NC(C)(C)C.CC(C)(C)NC(=O)C(CCc1cc(F)cc(F)c1)CC1CCC1.CC(C)(C)NC(=O)C(CCc1cc(F)cc(F)c1)CC1CCCC1.CC1CC1CC(CCc1cc(F)cc(F)c1)C(=O)NC(C)(C)C.CC1CC1CC(CCc1cc(F)cc(F)c1)C(=O)NC(C)(C)C. The Hall–Kier alpha value is -7.51. The summed E-state index contributed by atoms with van der Waals surface area (Å²) in [6, 6.07) is 17.8. The van der Waals surface area contributed by atoms with Gasteiger partial charge in [-0.2, -0.15) is 0 Å². The third-order valence-electron chi connectivity index (χ3n) is 21.1. The van der Waals surface area contributed by atoms with Crippen LogP contribution in [-0.2, 0) is 56.1 Å². The van der Waals surface area contributed by atoms with Gasteiger partial charge in [0.1, 0.15) is 58.2 Å². The van der Waals surface area contributed by atoms with Crippen molar-refractivity contribution in [1.29, 1.82) is 0 Å². The van der Waals surface area contributed by atoms with Crippen molar-refractivity contribution in [2.24, 2.45) is 65.1 Å². The van der Waals surface area contributed by atoms with Crippen LogP contribution in [0, 0.1) is 123 Å². The molecule has 0 aliphatic heterocycles. The maximum atomic E-state index is 13.3.